The molecule has 5 nitrogen and oxygen atoms in total. The van der Waals surface area contributed by atoms with Crippen LogP contribution in [0.2, 0.25) is 0 Å². The second-order valence-electron chi connectivity index (χ2n) is 5.36. The van der Waals surface area contributed by atoms with Gasteiger partial charge in [-0.2, -0.15) is 0 Å². The number of carbonyl (C=O) groups excluding carboxylic acids is 1. The van der Waals surface area contributed by atoms with Crippen molar-refractivity contribution in [2.75, 3.05) is 26.8 Å². The molecule has 1 aliphatic rings. The lowest BCUT2D eigenvalue weighted by atomic mass is 9.94. The van der Waals surface area contributed by atoms with E-state index in [0.29, 0.717) is 38.5 Å². The molecule has 0 aromatic carbocycles. The van der Waals surface area contributed by atoms with Gasteiger partial charge >= 0.3 is 5.97 Å². The van der Waals surface area contributed by atoms with Crippen LogP contribution < -0.4 is 0 Å². The zero-order valence-electron chi connectivity index (χ0n) is 12.4. The van der Waals surface area contributed by atoms with Crippen molar-refractivity contribution in [3.8, 4) is 0 Å². The average molecular weight is 283 g/mol. The minimum Gasteiger partial charge on any atom is -0.481 e. The van der Waals surface area contributed by atoms with Crippen LogP contribution in [0.5, 0.6) is 0 Å². The molecule has 5 heteroatoms. The van der Waals surface area contributed by atoms with Crippen LogP contribution in [0.3, 0.4) is 0 Å². The maximum Gasteiger partial charge on any atom is 0.307 e. The number of carboxylic acids is 1. The van der Waals surface area contributed by atoms with E-state index in [4.69, 9.17) is 4.74 Å². The number of ether oxygens (including phenoxy) is 1. The summed E-state index contributed by atoms with van der Waals surface area (Å²) in [5.74, 6) is -1.57. The molecule has 0 saturated heterocycles. The maximum atomic E-state index is 12.6. The Morgan fingerprint density at radius 1 is 1.40 bits per heavy atom. The number of hydrogen-bond acceptors (Lipinski definition) is 3. The van der Waals surface area contributed by atoms with Crippen LogP contribution in [0.1, 0.15) is 26.2 Å². The maximum absolute atomic E-state index is 12.6. The summed E-state index contributed by atoms with van der Waals surface area (Å²) in [5.41, 5.74) is 0. The fraction of sp³-hybridized carbons (Fsp3) is 0.733. The third-order valence-electron chi connectivity index (χ3n) is 4.10. The molecule has 0 aliphatic heterocycles. The van der Waals surface area contributed by atoms with Crippen LogP contribution in [0.15, 0.2) is 12.7 Å². The van der Waals surface area contributed by atoms with E-state index in [9.17, 15) is 14.7 Å². The van der Waals surface area contributed by atoms with E-state index in [1.165, 1.54) is 0 Å². The summed E-state index contributed by atoms with van der Waals surface area (Å²) in [7, 11) is 1.58. The molecule has 1 rings (SSSR count). The highest BCUT2D eigenvalue weighted by Gasteiger charge is 2.43. The van der Waals surface area contributed by atoms with Gasteiger partial charge in [-0.05, 0) is 18.8 Å². The molecule has 1 aliphatic carbocycles. The standard InChI is InChI=1S/C15H25NO4/c1-4-6-16(7-8-20-3)14(17)12-9-11(5-2)10-13(12)15(18)19/h4,11-13H,1,5-10H2,2-3H3,(H,18,19). The topological polar surface area (TPSA) is 66.8 Å². The van der Waals surface area contributed by atoms with Crippen LogP contribution >= 0.6 is 0 Å². The molecule has 3 unspecified atom stereocenters. The Morgan fingerprint density at radius 3 is 2.55 bits per heavy atom. The SMILES string of the molecule is C=CCN(CCOC)C(=O)C1CC(CC)CC1C(=O)O. The lowest BCUT2D eigenvalue weighted by Gasteiger charge is -2.26. The number of hydrogen-bond donors (Lipinski definition) is 1. The van der Waals surface area contributed by atoms with E-state index in [2.05, 4.69) is 6.58 Å². The van der Waals surface area contributed by atoms with Gasteiger partial charge in [0.15, 0.2) is 0 Å². The van der Waals surface area contributed by atoms with Crippen molar-refractivity contribution in [1.82, 2.24) is 4.90 Å². The lowest BCUT2D eigenvalue weighted by Crippen LogP contribution is -2.41. The second kappa shape index (κ2) is 8.04. The Bertz CT molecular complexity index is 356. The van der Waals surface area contributed by atoms with Crippen LogP contribution in [-0.4, -0.2) is 48.7 Å². The number of amides is 1. The Balaban J connectivity index is 2.79. The zero-order valence-corrected chi connectivity index (χ0v) is 12.4. The quantitative estimate of drug-likeness (QED) is 0.690. The van der Waals surface area contributed by atoms with Crippen molar-refractivity contribution in [2.24, 2.45) is 17.8 Å². The average Bonchev–Trinajstić information content (AvgIpc) is 2.87. The fourth-order valence-corrected chi connectivity index (χ4v) is 2.91. The van der Waals surface area contributed by atoms with Crippen molar-refractivity contribution < 1.29 is 19.4 Å². The molecule has 0 spiro atoms. The first-order valence-electron chi connectivity index (χ1n) is 7.16. The molecule has 1 N–H and O–H groups in total. The first kappa shape index (κ1) is 16.7. The van der Waals surface area contributed by atoms with Crippen molar-refractivity contribution in [2.45, 2.75) is 26.2 Å². The van der Waals surface area contributed by atoms with E-state index >= 15 is 0 Å². The molecule has 114 valence electrons. The van der Waals surface area contributed by atoms with Gasteiger partial charge < -0.3 is 14.7 Å². The molecular formula is C15H25NO4. The van der Waals surface area contributed by atoms with Crippen LogP contribution in [-0.2, 0) is 14.3 Å². The van der Waals surface area contributed by atoms with Crippen LogP contribution in [0.25, 0.3) is 0 Å². The van der Waals surface area contributed by atoms with Gasteiger partial charge in [0.2, 0.25) is 5.91 Å². The summed E-state index contributed by atoms with van der Waals surface area (Å²) in [5, 5.41) is 9.32. The van der Waals surface area contributed by atoms with Gasteiger partial charge in [0.25, 0.3) is 0 Å². The molecule has 1 fully saturated rings. The van der Waals surface area contributed by atoms with E-state index in [0.717, 1.165) is 6.42 Å². The van der Waals surface area contributed by atoms with Gasteiger partial charge in [-0.1, -0.05) is 19.4 Å². The van der Waals surface area contributed by atoms with Crippen molar-refractivity contribution in [3.63, 3.8) is 0 Å². The summed E-state index contributed by atoms with van der Waals surface area (Å²) in [6.07, 6.45) is 3.87. The lowest BCUT2D eigenvalue weighted by molar-refractivity contribution is -0.149. The highest BCUT2D eigenvalue weighted by atomic mass is 16.5. The van der Waals surface area contributed by atoms with Gasteiger partial charge in [0.1, 0.15) is 0 Å². The summed E-state index contributed by atoms with van der Waals surface area (Å²) in [6, 6.07) is 0. The largest absolute Gasteiger partial charge is 0.481 e. The Labute approximate surface area is 120 Å². The molecule has 0 radical (unpaired) electrons. The summed E-state index contributed by atoms with van der Waals surface area (Å²) >= 11 is 0. The number of nitrogens with zero attached hydrogens (tertiary/aromatic N) is 1. The Kier molecular flexibility index (Phi) is 6.71. The number of methoxy groups -OCH3 is 1. The normalized spacial score (nSPS) is 25.4. The van der Waals surface area contributed by atoms with Gasteiger partial charge in [-0.15, -0.1) is 6.58 Å². The third-order valence-corrected chi connectivity index (χ3v) is 4.10. The molecule has 0 aromatic heterocycles. The summed E-state index contributed by atoms with van der Waals surface area (Å²) < 4.78 is 5.00. The molecule has 1 amide bonds. The van der Waals surface area contributed by atoms with Crippen molar-refractivity contribution in [3.05, 3.63) is 12.7 Å². The molecule has 3 atom stereocenters. The molecule has 0 heterocycles. The number of rotatable bonds is 8. The van der Waals surface area contributed by atoms with E-state index < -0.39 is 17.8 Å². The molecular weight excluding hydrogens is 258 g/mol. The van der Waals surface area contributed by atoms with Crippen molar-refractivity contribution >= 4 is 11.9 Å². The minimum absolute atomic E-state index is 0.0784. The number of carboxylic acid groups (broad SMARTS) is 1. The van der Waals surface area contributed by atoms with Gasteiger partial charge in [0.05, 0.1) is 18.4 Å². The molecule has 1 saturated carbocycles. The highest BCUT2D eigenvalue weighted by molar-refractivity contribution is 5.85. The molecule has 0 aromatic rings. The number of carbonyl (C=O) groups is 2. The fourth-order valence-electron chi connectivity index (χ4n) is 2.91. The third kappa shape index (κ3) is 4.07. The summed E-state index contributed by atoms with van der Waals surface area (Å²) in [6.45, 7) is 7.05. The smallest absolute Gasteiger partial charge is 0.307 e. The Morgan fingerprint density at radius 2 is 2.05 bits per heavy atom. The molecule has 20 heavy (non-hydrogen) atoms. The van der Waals surface area contributed by atoms with Gasteiger partial charge in [0, 0.05) is 20.2 Å². The zero-order chi connectivity index (χ0) is 15.1. The van der Waals surface area contributed by atoms with Gasteiger partial charge in [-0.3, -0.25) is 9.59 Å². The van der Waals surface area contributed by atoms with E-state index in [1.807, 2.05) is 6.92 Å². The minimum atomic E-state index is -0.857. The summed E-state index contributed by atoms with van der Waals surface area (Å²) in [4.78, 5) is 25.6. The predicted molar refractivity (Wildman–Crippen MR) is 76.3 cm³/mol. The van der Waals surface area contributed by atoms with Crippen LogP contribution in [0, 0.1) is 17.8 Å². The highest BCUT2D eigenvalue weighted by Crippen LogP contribution is 2.39. The predicted octanol–water partition coefficient (Wildman–Crippen LogP) is 1.78. The van der Waals surface area contributed by atoms with E-state index in [-0.39, 0.29) is 5.91 Å². The van der Waals surface area contributed by atoms with Crippen LogP contribution in [0.4, 0.5) is 0 Å². The van der Waals surface area contributed by atoms with Crippen molar-refractivity contribution in [1.29, 1.82) is 0 Å². The Hall–Kier alpha value is -1.36. The van der Waals surface area contributed by atoms with Gasteiger partial charge in [-0.25, -0.2) is 0 Å². The first-order chi connectivity index (χ1) is 9.54. The van der Waals surface area contributed by atoms with E-state index in [1.54, 1.807) is 18.1 Å². The number of aliphatic carboxylic acids is 1. The monoisotopic (exact) mass is 283 g/mol. The second-order valence-corrected chi connectivity index (χ2v) is 5.36. The molecule has 0 bridgehead atoms. The first-order valence-corrected chi connectivity index (χ1v) is 7.16.